The molecule has 4 rings (SSSR count). The van der Waals surface area contributed by atoms with Crippen molar-refractivity contribution in [3.63, 3.8) is 0 Å². The number of benzene rings is 1. The molecule has 3 aliphatic rings. The smallest absolute Gasteiger partial charge is 0.334 e. The summed E-state index contributed by atoms with van der Waals surface area (Å²) >= 11 is 0. The molecule has 142 valence electrons. The summed E-state index contributed by atoms with van der Waals surface area (Å²) in [6, 6.07) is 7.80. The van der Waals surface area contributed by atoms with Gasteiger partial charge in [-0.05, 0) is 36.9 Å². The molecule has 0 bridgehead atoms. The van der Waals surface area contributed by atoms with Gasteiger partial charge in [0.15, 0.2) is 0 Å². The summed E-state index contributed by atoms with van der Waals surface area (Å²) in [6.07, 6.45) is 4.48. The van der Waals surface area contributed by atoms with Gasteiger partial charge >= 0.3 is 5.97 Å². The second kappa shape index (κ2) is 6.53. The van der Waals surface area contributed by atoms with Crippen molar-refractivity contribution < 1.29 is 19.4 Å². The maximum absolute atomic E-state index is 13.1. The van der Waals surface area contributed by atoms with E-state index in [4.69, 9.17) is 4.74 Å². The highest BCUT2D eigenvalue weighted by Gasteiger charge is 2.60. The number of piperidine rings is 1. The highest BCUT2D eigenvalue weighted by atomic mass is 16.5. The topological polar surface area (TPSA) is 78.9 Å². The van der Waals surface area contributed by atoms with Crippen LogP contribution < -0.4 is 5.32 Å². The third-order valence-corrected chi connectivity index (χ3v) is 6.50. The summed E-state index contributed by atoms with van der Waals surface area (Å²) in [5.74, 6) is -1.18. The lowest BCUT2D eigenvalue weighted by molar-refractivity contribution is -0.134. The zero-order chi connectivity index (χ0) is 19.2. The van der Waals surface area contributed by atoms with E-state index >= 15 is 0 Å². The number of carbonyl (C=O) groups is 2. The molecule has 0 radical (unpaired) electrons. The molecule has 0 aliphatic carbocycles. The van der Waals surface area contributed by atoms with Crippen LogP contribution in [0.4, 0.5) is 5.69 Å². The quantitative estimate of drug-likeness (QED) is 0.485. The van der Waals surface area contributed by atoms with Crippen LogP contribution in [-0.2, 0) is 19.7 Å². The summed E-state index contributed by atoms with van der Waals surface area (Å²) < 4.78 is 5.05. The second-order valence-electron chi connectivity index (χ2n) is 7.59. The molecule has 3 heterocycles. The molecule has 6 nitrogen and oxygen atoms in total. The van der Waals surface area contributed by atoms with Crippen molar-refractivity contribution in [2.75, 3.05) is 25.5 Å². The van der Waals surface area contributed by atoms with E-state index < -0.39 is 11.4 Å². The molecule has 2 saturated heterocycles. The fraction of sp³-hybridized carbons (Fsp3) is 0.429. The minimum atomic E-state index is -0.981. The zero-order valence-electron chi connectivity index (χ0n) is 15.4. The van der Waals surface area contributed by atoms with Crippen molar-refractivity contribution in [2.45, 2.75) is 24.3 Å². The van der Waals surface area contributed by atoms with Crippen molar-refractivity contribution in [3.05, 3.63) is 54.3 Å². The Morgan fingerprint density at radius 1 is 1.44 bits per heavy atom. The van der Waals surface area contributed by atoms with E-state index in [1.807, 2.05) is 30.3 Å². The highest BCUT2D eigenvalue weighted by Crippen LogP contribution is 2.52. The molecule has 1 aromatic carbocycles. The number of para-hydroxylation sites is 1. The Labute approximate surface area is 158 Å². The number of anilines is 1. The molecule has 4 atom stereocenters. The van der Waals surface area contributed by atoms with E-state index in [-0.39, 0.29) is 29.4 Å². The second-order valence-corrected chi connectivity index (χ2v) is 7.59. The minimum Gasteiger partial charge on any atom is -0.504 e. The first-order chi connectivity index (χ1) is 13.0. The number of rotatable bonds is 4. The first-order valence-corrected chi connectivity index (χ1v) is 9.26. The Morgan fingerprint density at radius 3 is 2.93 bits per heavy atom. The monoisotopic (exact) mass is 368 g/mol. The number of aliphatic carboxylic acids is 1. The molecular formula is C21H24N2O4. The Morgan fingerprint density at radius 2 is 2.22 bits per heavy atom. The Bertz CT molecular complexity index is 833. The van der Waals surface area contributed by atoms with Crippen molar-refractivity contribution in [3.8, 4) is 0 Å². The standard InChI is InChI=1S/C21H24N2O4/c1-3-13-11-23-9-8-21(16-6-4-5-7-17(16)22-20(21)26)18(23)10-14(13)15(12-27-2)19(24)25/h3-7,12-14,18H,1,8-11H2,2H3,(H,22,26)(H,24,25)/b15-12+/t13-,14-,18-,21+/m0/s1. The number of ether oxygens (including phenoxy) is 1. The number of nitrogens with zero attached hydrogens (tertiary/aromatic N) is 1. The molecule has 2 N–H and O–H groups in total. The Hall–Kier alpha value is -2.60. The summed E-state index contributed by atoms with van der Waals surface area (Å²) in [7, 11) is 1.46. The van der Waals surface area contributed by atoms with Crippen LogP contribution in [0.3, 0.4) is 0 Å². The van der Waals surface area contributed by atoms with Crippen LogP contribution in [0.2, 0.25) is 0 Å². The Balaban J connectivity index is 1.76. The summed E-state index contributed by atoms with van der Waals surface area (Å²) in [5, 5.41) is 12.7. The number of hydrogen-bond donors (Lipinski definition) is 2. The predicted octanol–water partition coefficient (Wildman–Crippen LogP) is 2.39. The van der Waals surface area contributed by atoms with Crippen LogP contribution in [0, 0.1) is 11.8 Å². The predicted molar refractivity (Wildman–Crippen MR) is 101 cm³/mol. The molecule has 1 spiro atoms. The molecule has 0 saturated carbocycles. The molecule has 1 amide bonds. The number of fused-ring (bicyclic) bond motifs is 4. The number of amides is 1. The average molecular weight is 368 g/mol. The van der Waals surface area contributed by atoms with Crippen molar-refractivity contribution >= 4 is 17.6 Å². The lowest BCUT2D eigenvalue weighted by atomic mass is 9.68. The van der Waals surface area contributed by atoms with Gasteiger partial charge in [0, 0.05) is 24.2 Å². The fourth-order valence-corrected chi connectivity index (χ4v) is 5.27. The van der Waals surface area contributed by atoms with Gasteiger partial charge in [-0.2, -0.15) is 0 Å². The molecule has 0 unspecified atom stereocenters. The van der Waals surface area contributed by atoms with E-state index in [2.05, 4.69) is 16.8 Å². The van der Waals surface area contributed by atoms with Gasteiger partial charge in [-0.15, -0.1) is 6.58 Å². The molecule has 1 aromatic rings. The number of nitrogens with one attached hydrogen (secondary N) is 1. The molecule has 6 heteroatoms. The van der Waals surface area contributed by atoms with Crippen LogP contribution in [0.15, 0.2) is 48.8 Å². The van der Waals surface area contributed by atoms with Crippen LogP contribution in [0.5, 0.6) is 0 Å². The summed E-state index contributed by atoms with van der Waals surface area (Å²) in [6.45, 7) is 5.44. The minimum absolute atomic E-state index is 0.00797. The lowest BCUT2D eigenvalue weighted by Gasteiger charge is -2.44. The first-order valence-electron chi connectivity index (χ1n) is 9.26. The van der Waals surface area contributed by atoms with Crippen molar-refractivity contribution in [2.24, 2.45) is 11.8 Å². The number of hydrogen-bond acceptors (Lipinski definition) is 4. The number of carbonyl (C=O) groups excluding carboxylic acids is 1. The normalized spacial score (nSPS) is 32.7. The fourth-order valence-electron chi connectivity index (χ4n) is 5.27. The summed E-state index contributed by atoms with van der Waals surface area (Å²) in [5.41, 5.74) is 1.54. The highest BCUT2D eigenvalue weighted by molar-refractivity contribution is 6.07. The van der Waals surface area contributed by atoms with Gasteiger partial charge in [-0.1, -0.05) is 24.3 Å². The molecule has 27 heavy (non-hydrogen) atoms. The number of carboxylic acid groups (broad SMARTS) is 1. The first kappa shape index (κ1) is 17.8. The van der Waals surface area contributed by atoms with E-state index in [9.17, 15) is 14.7 Å². The molecule has 0 aromatic heterocycles. The van der Waals surface area contributed by atoms with E-state index in [1.54, 1.807) is 0 Å². The molecule has 2 fully saturated rings. The zero-order valence-corrected chi connectivity index (χ0v) is 15.4. The molecule has 3 aliphatic heterocycles. The van der Waals surface area contributed by atoms with Gasteiger partial charge in [-0.3, -0.25) is 9.69 Å². The van der Waals surface area contributed by atoms with Gasteiger partial charge in [-0.25, -0.2) is 4.79 Å². The van der Waals surface area contributed by atoms with Gasteiger partial charge in [0.05, 0.1) is 24.4 Å². The average Bonchev–Trinajstić information content (AvgIpc) is 3.18. The summed E-state index contributed by atoms with van der Waals surface area (Å²) in [4.78, 5) is 27.3. The third-order valence-electron chi connectivity index (χ3n) is 6.50. The molecular weight excluding hydrogens is 344 g/mol. The largest absolute Gasteiger partial charge is 0.504 e. The van der Waals surface area contributed by atoms with E-state index in [0.29, 0.717) is 13.0 Å². The lowest BCUT2D eigenvalue weighted by Crippen LogP contribution is -2.53. The van der Waals surface area contributed by atoms with Crippen LogP contribution >= 0.6 is 0 Å². The van der Waals surface area contributed by atoms with Crippen LogP contribution in [-0.4, -0.2) is 48.1 Å². The van der Waals surface area contributed by atoms with Crippen molar-refractivity contribution in [1.82, 2.24) is 4.90 Å². The van der Waals surface area contributed by atoms with Gasteiger partial charge in [0.1, 0.15) is 0 Å². The van der Waals surface area contributed by atoms with Crippen LogP contribution in [0.25, 0.3) is 0 Å². The van der Waals surface area contributed by atoms with Gasteiger partial charge in [0.2, 0.25) is 5.91 Å². The van der Waals surface area contributed by atoms with Crippen LogP contribution in [0.1, 0.15) is 18.4 Å². The maximum atomic E-state index is 13.1. The number of carboxylic acids is 1. The number of methoxy groups -OCH3 is 1. The third kappa shape index (κ3) is 2.51. The SMILES string of the molecule is C=C[C@H]1CN2CC[C@]3(C(=O)Nc4ccccc43)[C@@H]2C[C@@H]1/C(=C\OC)C(=O)O. The van der Waals surface area contributed by atoms with Gasteiger partial charge in [0.25, 0.3) is 0 Å². The Kier molecular flexibility index (Phi) is 4.30. The van der Waals surface area contributed by atoms with E-state index in [1.165, 1.54) is 13.4 Å². The maximum Gasteiger partial charge on any atom is 0.334 e. The van der Waals surface area contributed by atoms with Gasteiger partial charge < -0.3 is 15.2 Å². The van der Waals surface area contributed by atoms with E-state index in [0.717, 1.165) is 24.2 Å². The van der Waals surface area contributed by atoms with Crippen molar-refractivity contribution in [1.29, 1.82) is 0 Å².